The van der Waals surface area contributed by atoms with E-state index in [0.717, 1.165) is 18.4 Å². The molecule has 1 saturated carbocycles. The minimum atomic E-state index is -0.882. The normalized spacial score (nSPS) is 26.3. The van der Waals surface area contributed by atoms with Gasteiger partial charge in [-0.05, 0) is 42.9 Å². The Labute approximate surface area is 125 Å². The van der Waals surface area contributed by atoms with Crippen LogP contribution in [0.4, 0.5) is 4.39 Å². The zero-order valence-corrected chi connectivity index (χ0v) is 12.3. The maximum Gasteiger partial charge on any atom is 0.242 e. The summed E-state index contributed by atoms with van der Waals surface area (Å²) in [5, 5.41) is 3.51. The maximum absolute atomic E-state index is 14.0. The minimum absolute atomic E-state index is 0.224. The van der Waals surface area contributed by atoms with Gasteiger partial charge in [-0.3, -0.25) is 10.1 Å². The summed E-state index contributed by atoms with van der Waals surface area (Å²) in [7, 11) is 0. The Bertz CT molecular complexity index is 538. The average Bonchev–Trinajstić information content (AvgIpc) is 2.66. The lowest BCUT2D eigenvalue weighted by Crippen LogP contribution is -2.54. The van der Waals surface area contributed by atoms with Gasteiger partial charge in [0.25, 0.3) is 0 Å². The van der Waals surface area contributed by atoms with Crippen molar-refractivity contribution in [2.75, 3.05) is 0 Å². The van der Waals surface area contributed by atoms with E-state index < -0.39 is 5.54 Å². The summed E-state index contributed by atoms with van der Waals surface area (Å²) in [4.78, 5) is 12.2. The fourth-order valence-corrected chi connectivity index (χ4v) is 3.91. The van der Waals surface area contributed by atoms with Crippen molar-refractivity contribution < 1.29 is 9.18 Å². The third kappa shape index (κ3) is 2.57. The first-order valence-corrected chi connectivity index (χ1v) is 7.99. The summed E-state index contributed by atoms with van der Waals surface area (Å²) < 4.78 is 14.0. The lowest BCUT2D eigenvalue weighted by molar-refractivity contribution is -0.125. The molecule has 2 aliphatic rings. The number of carbonyl (C=O) groups is 1. The SMILES string of the molecule is NC(=O)C1(NC2CCCCCC2)CCc2c(F)cccc21. The molecule has 3 nitrogen and oxygen atoms in total. The molecule has 2 aliphatic carbocycles. The number of rotatable bonds is 3. The second-order valence-electron chi connectivity index (χ2n) is 6.37. The predicted octanol–water partition coefficient (Wildman–Crippen LogP) is 2.76. The molecule has 1 fully saturated rings. The molecule has 0 aromatic heterocycles. The Morgan fingerprint density at radius 1 is 1.24 bits per heavy atom. The molecule has 0 radical (unpaired) electrons. The van der Waals surface area contributed by atoms with Crippen LogP contribution in [0.15, 0.2) is 18.2 Å². The number of hydrogen-bond acceptors (Lipinski definition) is 2. The Morgan fingerprint density at radius 3 is 2.62 bits per heavy atom. The Morgan fingerprint density at radius 2 is 1.95 bits per heavy atom. The molecular formula is C17H23FN2O. The van der Waals surface area contributed by atoms with Gasteiger partial charge in [0, 0.05) is 6.04 Å². The van der Waals surface area contributed by atoms with Gasteiger partial charge in [-0.2, -0.15) is 0 Å². The lowest BCUT2D eigenvalue weighted by atomic mass is 9.88. The Hall–Kier alpha value is -1.42. The van der Waals surface area contributed by atoms with Crippen LogP contribution >= 0.6 is 0 Å². The first kappa shape index (κ1) is 14.5. The molecule has 0 heterocycles. The van der Waals surface area contributed by atoms with Gasteiger partial charge in [-0.15, -0.1) is 0 Å². The average molecular weight is 290 g/mol. The number of halogens is 1. The number of nitrogens with two attached hydrogens (primary N) is 1. The van der Waals surface area contributed by atoms with Crippen LogP contribution in [0, 0.1) is 5.82 Å². The molecular weight excluding hydrogens is 267 g/mol. The van der Waals surface area contributed by atoms with Gasteiger partial charge in [0.2, 0.25) is 5.91 Å². The lowest BCUT2D eigenvalue weighted by Gasteiger charge is -2.33. The molecule has 0 aliphatic heterocycles. The Kier molecular flexibility index (Phi) is 3.98. The molecule has 1 aromatic rings. The van der Waals surface area contributed by atoms with Crippen molar-refractivity contribution in [1.29, 1.82) is 0 Å². The number of hydrogen-bond donors (Lipinski definition) is 2. The van der Waals surface area contributed by atoms with Crippen molar-refractivity contribution >= 4 is 5.91 Å². The molecule has 1 aromatic carbocycles. The van der Waals surface area contributed by atoms with Gasteiger partial charge in [0.1, 0.15) is 11.4 Å². The molecule has 1 unspecified atom stereocenters. The highest BCUT2D eigenvalue weighted by Crippen LogP contribution is 2.39. The van der Waals surface area contributed by atoms with Gasteiger partial charge in [0.15, 0.2) is 0 Å². The molecule has 1 amide bonds. The summed E-state index contributed by atoms with van der Waals surface area (Å²) in [5.74, 6) is -0.602. The van der Waals surface area contributed by atoms with Gasteiger partial charge < -0.3 is 5.73 Å². The summed E-state index contributed by atoms with van der Waals surface area (Å²) in [6.45, 7) is 0. The second kappa shape index (κ2) is 5.76. The van der Waals surface area contributed by atoms with Crippen LogP contribution in [0.1, 0.15) is 56.1 Å². The second-order valence-corrected chi connectivity index (χ2v) is 6.37. The molecule has 0 saturated heterocycles. The van der Waals surface area contributed by atoms with Crippen molar-refractivity contribution in [3.05, 3.63) is 35.1 Å². The summed E-state index contributed by atoms with van der Waals surface area (Å²) in [6, 6.07) is 5.28. The topological polar surface area (TPSA) is 55.1 Å². The number of nitrogens with one attached hydrogen (secondary N) is 1. The molecule has 3 rings (SSSR count). The van der Waals surface area contributed by atoms with Crippen LogP contribution in [-0.4, -0.2) is 11.9 Å². The minimum Gasteiger partial charge on any atom is -0.368 e. The van der Waals surface area contributed by atoms with E-state index in [1.807, 2.05) is 6.07 Å². The summed E-state index contributed by atoms with van der Waals surface area (Å²) in [6.07, 6.45) is 8.16. The first-order valence-electron chi connectivity index (χ1n) is 7.99. The fourth-order valence-electron chi connectivity index (χ4n) is 3.91. The highest BCUT2D eigenvalue weighted by molar-refractivity contribution is 5.87. The van der Waals surface area contributed by atoms with Gasteiger partial charge >= 0.3 is 0 Å². The first-order chi connectivity index (χ1) is 10.1. The van der Waals surface area contributed by atoms with Gasteiger partial charge in [-0.25, -0.2) is 4.39 Å². The van der Waals surface area contributed by atoms with E-state index in [-0.39, 0.29) is 11.7 Å². The van der Waals surface area contributed by atoms with Crippen LogP contribution in [-0.2, 0) is 16.8 Å². The molecule has 0 bridgehead atoms. The van der Waals surface area contributed by atoms with Crippen molar-refractivity contribution in [2.45, 2.75) is 62.9 Å². The largest absolute Gasteiger partial charge is 0.368 e. The standard InChI is InChI=1S/C17H23FN2O/c18-15-9-5-8-14-13(15)10-11-17(14,16(19)21)20-12-6-3-1-2-4-7-12/h5,8-9,12,20H,1-4,6-7,10-11H2,(H2,19,21). The number of benzene rings is 1. The highest BCUT2D eigenvalue weighted by Gasteiger charge is 2.45. The third-order valence-electron chi connectivity index (χ3n) is 5.05. The van der Waals surface area contributed by atoms with E-state index in [2.05, 4.69) is 5.32 Å². The quantitative estimate of drug-likeness (QED) is 0.841. The maximum atomic E-state index is 14.0. The molecule has 21 heavy (non-hydrogen) atoms. The van der Waals surface area contributed by atoms with Crippen LogP contribution < -0.4 is 11.1 Å². The zero-order chi connectivity index (χ0) is 14.9. The van der Waals surface area contributed by atoms with Crippen LogP contribution in [0.25, 0.3) is 0 Å². The van der Waals surface area contributed by atoms with Crippen LogP contribution in [0.2, 0.25) is 0 Å². The highest BCUT2D eigenvalue weighted by atomic mass is 19.1. The molecule has 0 spiro atoms. The van der Waals surface area contributed by atoms with Crippen LogP contribution in [0.3, 0.4) is 0 Å². The number of amides is 1. The van der Waals surface area contributed by atoms with E-state index in [1.54, 1.807) is 6.07 Å². The van der Waals surface area contributed by atoms with Gasteiger partial charge in [-0.1, -0.05) is 37.8 Å². The zero-order valence-electron chi connectivity index (χ0n) is 12.3. The predicted molar refractivity (Wildman–Crippen MR) is 80.2 cm³/mol. The van der Waals surface area contributed by atoms with E-state index >= 15 is 0 Å². The van der Waals surface area contributed by atoms with Gasteiger partial charge in [0.05, 0.1) is 0 Å². The summed E-state index contributed by atoms with van der Waals surface area (Å²) >= 11 is 0. The number of fused-ring (bicyclic) bond motifs is 1. The Balaban J connectivity index is 1.92. The van der Waals surface area contributed by atoms with E-state index in [4.69, 9.17) is 5.73 Å². The monoisotopic (exact) mass is 290 g/mol. The fraction of sp³-hybridized carbons (Fsp3) is 0.588. The smallest absolute Gasteiger partial charge is 0.242 e. The van der Waals surface area contributed by atoms with E-state index in [9.17, 15) is 9.18 Å². The number of carbonyl (C=O) groups excluding carboxylic acids is 1. The molecule has 4 heteroatoms. The number of primary amides is 1. The van der Waals surface area contributed by atoms with Crippen LogP contribution in [0.5, 0.6) is 0 Å². The molecule has 3 N–H and O–H groups in total. The third-order valence-corrected chi connectivity index (χ3v) is 5.05. The van der Waals surface area contributed by atoms with Crippen molar-refractivity contribution in [2.24, 2.45) is 5.73 Å². The van der Waals surface area contributed by atoms with E-state index in [1.165, 1.54) is 31.7 Å². The molecule has 1 atom stereocenters. The summed E-state index contributed by atoms with van der Waals surface area (Å²) in [5.41, 5.74) is 6.25. The van der Waals surface area contributed by atoms with Crippen molar-refractivity contribution in [3.63, 3.8) is 0 Å². The van der Waals surface area contributed by atoms with Crippen molar-refractivity contribution in [1.82, 2.24) is 5.32 Å². The molecule has 114 valence electrons. The van der Waals surface area contributed by atoms with E-state index in [0.29, 0.717) is 24.4 Å². The van der Waals surface area contributed by atoms with Crippen molar-refractivity contribution in [3.8, 4) is 0 Å².